The first-order chi connectivity index (χ1) is 6.73. The molecule has 1 rings (SSSR count). The molecular weight excluding hydrogens is 329 g/mol. The van der Waals surface area contributed by atoms with Gasteiger partial charge in [-0.1, -0.05) is 11.6 Å². The van der Waals surface area contributed by atoms with Crippen molar-refractivity contribution < 1.29 is 13.2 Å². The third-order valence-corrected chi connectivity index (χ3v) is 4.53. The van der Waals surface area contributed by atoms with Gasteiger partial charge in [-0.25, -0.2) is 8.42 Å². The molecule has 8 heteroatoms. The number of halogens is 3. The number of benzene rings is 1. The highest BCUT2D eigenvalue weighted by atomic mass is 79.9. The van der Waals surface area contributed by atoms with E-state index in [1.165, 1.54) is 6.07 Å². The van der Waals surface area contributed by atoms with Crippen LogP contribution in [-0.4, -0.2) is 14.3 Å². The molecule has 0 aliphatic carbocycles. The Labute approximate surface area is 104 Å². The first kappa shape index (κ1) is 12.8. The SMILES string of the molecule is NC(=O)c1cc(Cl)c(Br)c(S(=O)(=O)Cl)c1. The summed E-state index contributed by atoms with van der Waals surface area (Å²) in [5.74, 6) is -0.786. The Balaban J connectivity index is 3.59. The highest BCUT2D eigenvalue weighted by Crippen LogP contribution is 2.32. The molecule has 0 atom stereocenters. The summed E-state index contributed by atoms with van der Waals surface area (Å²) < 4.78 is 22.3. The molecule has 0 aromatic heterocycles. The normalized spacial score (nSPS) is 11.4. The van der Waals surface area contributed by atoms with Crippen LogP contribution in [0.3, 0.4) is 0 Å². The number of carbonyl (C=O) groups is 1. The lowest BCUT2D eigenvalue weighted by Crippen LogP contribution is -2.11. The van der Waals surface area contributed by atoms with Crippen molar-refractivity contribution in [1.29, 1.82) is 0 Å². The van der Waals surface area contributed by atoms with Crippen LogP contribution in [0, 0.1) is 0 Å². The molecular formula is C7H4BrCl2NO3S. The quantitative estimate of drug-likeness (QED) is 0.843. The van der Waals surface area contributed by atoms with E-state index in [9.17, 15) is 13.2 Å². The maximum Gasteiger partial charge on any atom is 0.262 e. The van der Waals surface area contributed by atoms with Crippen molar-refractivity contribution in [2.45, 2.75) is 4.90 Å². The van der Waals surface area contributed by atoms with E-state index in [-0.39, 0.29) is 20.0 Å². The first-order valence-electron chi connectivity index (χ1n) is 3.47. The minimum Gasteiger partial charge on any atom is -0.366 e. The van der Waals surface area contributed by atoms with Crippen molar-refractivity contribution >= 4 is 53.2 Å². The molecule has 4 nitrogen and oxygen atoms in total. The second-order valence-electron chi connectivity index (χ2n) is 2.57. The van der Waals surface area contributed by atoms with Crippen LogP contribution in [-0.2, 0) is 9.05 Å². The van der Waals surface area contributed by atoms with Crippen molar-refractivity contribution in [3.05, 3.63) is 27.2 Å². The number of carbonyl (C=O) groups excluding carboxylic acids is 1. The summed E-state index contributed by atoms with van der Waals surface area (Å²) in [6, 6.07) is 2.31. The van der Waals surface area contributed by atoms with Crippen molar-refractivity contribution in [1.82, 2.24) is 0 Å². The third kappa shape index (κ3) is 2.84. The number of nitrogens with two attached hydrogens (primary N) is 1. The number of rotatable bonds is 2. The number of hydrogen-bond donors (Lipinski definition) is 1. The fraction of sp³-hybridized carbons (Fsp3) is 0. The molecule has 1 aromatic carbocycles. The van der Waals surface area contributed by atoms with Crippen LogP contribution >= 0.6 is 38.2 Å². The second kappa shape index (κ2) is 4.29. The van der Waals surface area contributed by atoms with Gasteiger partial charge in [0.1, 0.15) is 0 Å². The van der Waals surface area contributed by atoms with Gasteiger partial charge in [0.2, 0.25) is 5.91 Å². The largest absolute Gasteiger partial charge is 0.366 e. The second-order valence-corrected chi connectivity index (χ2v) is 6.31. The van der Waals surface area contributed by atoms with Crippen LogP contribution in [0.5, 0.6) is 0 Å². The summed E-state index contributed by atoms with van der Waals surface area (Å²) in [7, 11) is 1.17. The molecule has 0 spiro atoms. The van der Waals surface area contributed by atoms with Crippen molar-refractivity contribution in [2.75, 3.05) is 0 Å². The third-order valence-electron chi connectivity index (χ3n) is 1.54. The molecule has 0 unspecified atom stereocenters. The molecule has 0 bridgehead atoms. The maximum atomic E-state index is 11.1. The van der Waals surface area contributed by atoms with E-state index in [1.54, 1.807) is 0 Å². The van der Waals surface area contributed by atoms with E-state index < -0.39 is 15.0 Å². The Morgan fingerprint density at radius 1 is 1.40 bits per heavy atom. The van der Waals surface area contributed by atoms with Gasteiger partial charge in [0.05, 0.1) is 14.4 Å². The predicted octanol–water partition coefficient (Wildman–Crippen LogP) is 2.13. The van der Waals surface area contributed by atoms with Crippen LogP contribution in [0.4, 0.5) is 0 Å². The molecule has 15 heavy (non-hydrogen) atoms. The van der Waals surface area contributed by atoms with Crippen LogP contribution in [0.15, 0.2) is 21.5 Å². The van der Waals surface area contributed by atoms with E-state index in [2.05, 4.69) is 15.9 Å². The average Bonchev–Trinajstić information content (AvgIpc) is 2.06. The molecule has 0 saturated carbocycles. The van der Waals surface area contributed by atoms with Crippen LogP contribution in [0.2, 0.25) is 5.02 Å². The van der Waals surface area contributed by atoms with E-state index >= 15 is 0 Å². The van der Waals surface area contributed by atoms with Gasteiger partial charge in [0, 0.05) is 16.2 Å². The predicted molar refractivity (Wildman–Crippen MR) is 60.7 cm³/mol. The molecule has 0 aliphatic rings. The number of primary amides is 1. The molecule has 0 radical (unpaired) electrons. The minimum absolute atomic E-state index is 0.0255. The zero-order valence-electron chi connectivity index (χ0n) is 7.00. The fourth-order valence-electron chi connectivity index (χ4n) is 0.884. The van der Waals surface area contributed by atoms with E-state index in [1.807, 2.05) is 0 Å². The maximum absolute atomic E-state index is 11.1. The molecule has 1 aromatic rings. The summed E-state index contributed by atoms with van der Waals surface area (Å²) in [6.07, 6.45) is 0. The monoisotopic (exact) mass is 331 g/mol. The van der Waals surface area contributed by atoms with Gasteiger partial charge in [0.15, 0.2) is 0 Å². The lowest BCUT2D eigenvalue weighted by molar-refractivity contribution is 0.1000. The van der Waals surface area contributed by atoms with Crippen molar-refractivity contribution in [3.63, 3.8) is 0 Å². The lowest BCUT2D eigenvalue weighted by Gasteiger charge is -2.04. The Morgan fingerprint density at radius 2 is 1.93 bits per heavy atom. The van der Waals surface area contributed by atoms with E-state index in [4.69, 9.17) is 28.0 Å². The summed E-state index contributed by atoms with van der Waals surface area (Å²) >= 11 is 8.64. The molecule has 1 amide bonds. The Bertz CT molecular complexity index is 529. The molecule has 0 fully saturated rings. The molecule has 2 N–H and O–H groups in total. The molecule has 0 saturated heterocycles. The van der Waals surface area contributed by atoms with Gasteiger partial charge in [-0.2, -0.15) is 0 Å². The fourth-order valence-corrected chi connectivity index (χ4v) is 3.26. The minimum atomic E-state index is -3.98. The molecule has 0 aliphatic heterocycles. The van der Waals surface area contributed by atoms with Gasteiger partial charge < -0.3 is 5.73 Å². The average molecular weight is 333 g/mol. The van der Waals surface area contributed by atoms with Crippen molar-refractivity contribution in [3.8, 4) is 0 Å². The van der Waals surface area contributed by atoms with Crippen LogP contribution < -0.4 is 5.73 Å². The zero-order chi connectivity index (χ0) is 11.8. The highest BCUT2D eigenvalue weighted by molar-refractivity contribution is 9.10. The lowest BCUT2D eigenvalue weighted by atomic mass is 10.2. The van der Waals surface area contributed by atoms with E-state index in [0.29, 0.717) is 0 Å². The number of amides is 1. The van der Waals surface area contributed by atoms with Crippen LogP contribution in [0.1, 0.15) is 10.4 Å². The number of hydrogen-bond acceptors (Lipinski definition) is 3. The topological polar surface area (TPSA) is 77.2 Å². The summed E-state index contributed by atoms with van der Waals surface area (Å²) in [4.78, 5) is 10.6. The highest BCUT2D eigenvalue weighted by Gasteiger charge is 2.19. The Morgan fingerprint density at radius 3 is 2.33 bits per heavy atom. The van der Waals surface area contributed by atoms with Crippen LogP contribution in [0.25, 0.3) is 0 Å². The summed E-state index contributed by atoms with van der Waals surface area (Å²) in [6.45, 7) is 0. The summed E-state index contributed by atoms with van der Waals surface area (Å²) in [5.41, 5.74) is 4.97. The van der Waals surface area contributed by atoms with Gasteiger partial charge >= 0.3 is 0 Å². The standard InChI is InChI=1S/C7H4BrCl2NO3S/c8-6-4(9)1-3(7(11)12)2-5(6)15(10,13)14/h1-2H,(H2,11,12). The summed E-state index contributed by atoms with van der Waals surface area (Å²) in [5, 5.41) is 0.0468. The zero-order valence-corrected chi connectivity index (χ0v) is 10.9. The van der Waals surface area contributed by atoms with Gasteiger partial charge in [-0.05, 0) is 28.1 Å². The molecule has 0 heterocycles. The van der Waals surface area contributed by atoms with E-state index in [0.717, 1.165) is 6.07 Å². The van der Waals surface area contributed by atoms with Gasteiger partial charge in [-0.15, -0.1) is 0 Å². The Hall–Kier alpha value is -0.300. The van der Waals surface area contributed by atoms with Gasteiger partial charge in [-0.3, -0.25) is 4.79 Å². The molecule has 82 valence electrons. The smallest absolute Gasteiger partial charge is 0.262 e. The Kier molecular flexibility index (Phi) is 3.65. The van der Waals surface area contributed by atoms with Crippen molar-refractivity contribution in [2.24, 2.45) is 5.73 Å². The van der Waals surface area contributed by atoms with Gasteiger partial charge in [0.25, 0.3) is 9.05 Å². The first-order valence-corrected chi connectivity index (χ1v) is 6.95.